The molecule has 2 aromatic heterocycles. The van der Waals surface area contributed by atoms with Gasteiger partial charge in [0, 0.05) is 25.1 Å². The molecule has 3 aromatic rings. The van der Waals surface area contributed by atoms with Crippen LogP contribution < -0.4 is 0 Å². The number of fused-ring (bicyclic) bond motifs is 1. The third-order valence-corrected chi connectivity index (χ3v) is 7.41. The van der Waals surface area contributed by atoms with Crippen molar-refractivity contribution in [2.75, 3.05) is 6.54 Å². The number of benzene rings is 1. The van der Waals surface area contributed by atoms with Crippen molar-refractivity contribution in [3.63, 3.8) is 0 Å². The molecule has 1 saturated heterocycles. The largest absolute Gasteiger partial charge is 0.416 e. The van der Waals surface area contributed by atoms with E-state index in [4.69, 9.17) is 0 Å². The second-order valence-electron chi connectivity index (χ2n) is 9.21. The molecule has 2 fully saturated rings. The van der Waals surface area contributed by atoms with E-state index in [2.05, 4.69) is 15.3 Å². The summed E-state index contributed by atoms with van der Waals surface area (Å²) >= 11 is 1.25. The van der Waals surface area contributed by atoms with Gasteiger partial charge in [-0.05, 0) is 37.0 Å². The van der Waals surface area contributed by atoms with Gasteiger partial charge in [-0.2, -0.15) is 13.2 Å². The SMILES string of the molecule is CC(C)C(C(=O)N1C[C@H](O)C[C@H]1c1nc2cc(C(F)(F)F)ccc2s1)n1cc(C2CC2)nn1. The van der Waals surface area contributed by atoms with Gasteiger partial charge in [-0.15, -0.1) is 16.4 Å². The molecule has 3 atom stereocenters. The molecule has 33 heavy (non-hydrogen) atoms. The number of likely N-dealkylation sites (tertiary alicyclic amines) is 1. The first-order chi connectivity index (χ1) is 15.6. The van der Waals surface area contributed by atoms with Crippen molar-refractivity contribution < 1.29 is 23.1 Å². The first kappa shape index (κ1) is 22.3. The number of rotatable bonds is 5. The van der Waals surface area contributed by atoms with Crippen molar-refractivity contribution in [1.82, 2.24) is 24.9 Å². The Bertz CT molecular complexity index is 1190. The van der Waals surface area contributed by atoms with Crippen molar-refractivity contribution in [2.24, 2.45) is 5.92 Å². The predicted molar refractivity (Wildman–Crippen MR) is 116 cm³/mol. The van der Waals surface area contributed by atoms with E-state index < -0.39 is 29.9 Å². The average Bonchev–Trinajstić information content (AvgIpc) is 3.15. The lowest BCUT2D eigenvalue weighted by molar-refractivity contribution is -0.138. The number of carbonyl (C=O) groups is 1. The van der Waals surface area contributed by atoms with Gasteiger partial charge in [0.2, 0.25) is 5.91 Å². The number of β-amino-alcohol motifs (C(OH)–C–C–N with tert-alkyl or cyclic N) is 1. The maximum absolute atomic E-state index is 13.7. The van der Waals surface area contributed by atoms with Crippen LogP contribution in [0.25, 0.3) is 10.2 Å². The Morgan fingerprint density at radius 3 is 2.70 bits per heavy atom. The number of carbonyl (C=O) groups excluding carboxylic acids is 1. The molecule has 0 spiro atoms. The molecule has 1 aliphatic heterocycles. The number of aromatic nitrogens is 4. The Balaban J connectivity index is 1.45. The zero-order valence-corrected chi connectivity index (χ0v) is 19.0. The smallest absolute Gasteiger partial charge is 0.391 e. The molecule has 176 valence electrons. The fraction of sp³-hybridized carbons (Fsp3) is 0.545. The number of hydrogen-bond donors (Lipinski definition) is 1. The van der Waals surface area contributed by atoms with Gasteiger partial charge in [0.05, 0.1) is 33.6 Å². The summed E-state index contributed by atoms with van der Waals surface area (Å²) in [5, 5.41) is 19.3. The second-order valence-corrected chi connectivity index (χ2v) is 10.3. The maximum Gasteiger partial charge on any atom is 0.416 e. The number of aliphatic hydroxyl groups is 1. The Morgan fingerprint density at radius 1 is 1.27 bits per heavy atom. The zero-order valence-electron chi connectivity index (χ0n) is 18.2. The topological polar surface area (TPSA) is 84.1 Å². The highest BCUT2D eigenvalue weighted by atomic mass is 32.1. The van der Waals surface area contributed by atoms with Crippen LogP contribution in [0.2, 0.25) is 0 Å². The highest BCUT2D eigenvalue weighted by Gasteiger charge is 2.42. The van der Waals surface area contributed by atoms with Gasteiger partial charge in [-0.3, -0.25) is 4.79 Å². The molecule has 1 saturated carbocycles. The molecule has 7 nitrogen and oxygen atoms in total. The third-order valence-electron chi connectivity index (χ3n) is 6.27. The number of alkyl halides is 3. The van der Waals surface area contributed by atoms with Crippen LogP contribution in [-0.4, -0.2) is 48.5 Å². The van der Waals surface area contributed by atoms with Gasteiger partial charge in [0.1, 0.15) is 11.0 Å². The fourth-order valence-corrected chi connectivity index (χ4v) is 5.50. The minimum absolute atomic E-state index is 0.0747. The summed E-state index contributed by atoms with van der Waals surface area (Å²) in [6.45, 7) is 4.00. The van der Waals surface area contributed by atoms with E-state index in [0.717, 1.165) is 30.7 Å². The summed E-state index contributed by atoms with van der Waals surface area (Å²) in [7, 11) is 0. The number of nitrogens with zero attached hydrogens (tertiary/aromatic N) is 5. The monoisotopic (exact) mass is 479 g/mol. The fourth-order valence-electron chi connectivity index (χ4n) is 4.42. The van der Waals surface area contributed by atoms with E-state index in [0.29, 0.717) is 15.6 Å². The van der Waals surface area contributed by atoms with Gasteiger partial charge in [0.25, 0.3) is 0 Å². The molecule has 1 N–H and O–H groups in total. The van der Waals surface area contributed by atoms with Crippen LogP contribution in [0.15, 0.2) is 24.4 Å². The number of aliphatic hydroxyl groups excluding tert-OH is 1. The van der Waals surface area contributed by atoms with Crippen molar-refractivity contribution >= 4 is 27.5 Å². The second kappa shape index (κ2) is 8.05. The molecule has 1 aromatic carbocycles. The minimum Gasteiger partial charge on any atom is -0.391 e. The van der Waals surface area contributed by atoms with Gasteiger partial charge >= 0.3 is 6.18 Å². The number of thiazole rings is 1. The Hall–Kier alpha value is -2.53. The lowest BCUT2D eigenvalue weighted by atomic mass is 10.0. The van der Waals surface area contributed by atoms with Crippen molar-refractivity contribution in [3.8, 4) is 0 Å². The molecule has 1 aliphatic carbocycles. The van der Waals surface area contributed by atoms with Gasteiger partial charge < -0.3 is 10.0 Å². The molecule has 5 rings (SSSR count). The molecular formula is C22H24F3N5O2S. The molecule has 2 aliphatic rings. The summed E-state index contributed by atoms with van der Waals surface area (Å²) in [6.07, 6.45) is -0.918. The van der Waals surface area contributed by atoms with Crippen molar-refractivity contribution in [3.05, 3.63) is 40.7 Å². The van der Waals surface area contributed by atoms with Crippen LogP contribution in [-0.2, 0) is 11.0 Å². The maximum atomic E-state index is 13.7. The van der Waals surface area contributed by atoms with Crippen molar-refractivity contribution in [1.29, 1.82) is 0 Å². The summed E-state index contributed by atoms with van der Waals surface area (Å²) in [5.41, 5.74) is 0.367. The van der Waals surface area contributed by atoms with Gasteiger partial charge in [-0.1, -0.05) is 19.1 Å². The highest BCUT2D eigenvalue weighted by Crippen LogP contribution is 2.41. The molecule has 0 bridgehead atoms. The van der Waals surface area contributed by atoms with Crippen LogP contribution in [0, 0.1) is 5.92 Å². The third kappa shape index (κ3) is 4.23. The number of hydrogen-bond acceptors (Lipinski definition) is 6. The van der Waals surface area contributed by atoms with E-state index in [1.165, 1.54) is 17.4 Å². The van der Waals surface area contributed by atoms with Crippen LogP contribution in [0.1, 0.15) is 67.4 Å². The molecule has 1 unspecified atom stereocenters. The van der Waals surface area contributed by atoms with E-state index in [9.17, 15) is 23.1 Å². The quantitative estimate of drug-likeness (QED) is 0.589. The summed E-state index contributed by atoms with van der Waals surface area (Å²) in [6, 6.07) is 2.37. The van der Waals surface area contributed by atoms with E-state index in [1.807, 2.05) is 20.0 Å². The average molecular weight is 480 g/mol. The Morgan fingerprint density at radius 2 is 2.03 bits per heavy atom. The van der Waals surface area contributed by atoms with Crippen LogP contribution in [0.3, 0.4) is 0 Å². The van der Waals surface area contributed by atoms with Gasteiger partial charge in [0.15, 0.2) is 0 Å². The summed E-state index contributed by atoms with van der Waals surface area (Å²) < 4.78 is 41.5. The normalized spacial score (nSPS) is 22.5. The number of amides is 1. The van der Waals surface area contributed by atoms with E-state index >= 15 is 0 Å². The predicted octanol–water partition coefficient (Wildman–Crippen LogP) is 4.32. The van der Waals surface area contributed by atoms with Crippen LogP contribution in [0.5, 0.6) is 0 Å². The van der Waals surface area contributed by atoms with Crippen molar-refractivity contribution in [2.45, 2.75) is 63.4 Å². The highest BCUT2D eigenvalue weighted by molar-refractivity contribution is 7.18. The minimum atomic E-state index is -4.45. The molecule has 0 radical (unpaired) electrons. The lowest BCUT2D eigenvalue weighted by Crippen LogP contribution is -2.40. The Kier molecular flexibility index (Phi) is 5.43. The van der Waals surface area contributed by atoms with Crippen LogP contribution >= 0.6 is 11.3 Å². The van der Waals surface area contributed by atoms with E-state index in [1.54, 1.807) is 9.58 Å². The molecule has 3 heterocycles. The summed E-state index contributed by atoms with van der Waals surface area (Å²) in [5.74, 6) is 0.135. The summed E-state index contributed by atoms with van der Waals surface area (Å²) in [4.78, 5) is 19.7. The van der Waals surface area contributed by atoms with Gasteiger partial charge in [-0.25, -0.2) is 9.67 Å². The lowest BCUT2D eigenvalue weighted by Gasteiger charge is -2.29. The first-order valence-corrected chi connectivity index (χ1v) is 11.8. The zero-order chi connectivity index (χ0) is 23.5. The van der Waals surface area contributed by atoms with E-state index in [-0.39, 0.29) is 30.3 Å². The molecule has 1 amide bonds. The number of halogens is 3. The molecule has 11 heteroatoms. The van der Waals surface area contributed by atoms with Crippen LogP contribution in [0.4, 0.5) is 13.2 Å². The first-order valence-electron chi connectivity index (χ1n) is 11.0. The Labute approximate surface area is 192 Å². The standard InChI is InChI=1S/C22H24F3N5O2S/c1-11(2)19(30-10-16(27-28-30)12-3-4-12)21(32)29-9-14(31)8-17(29)20-26-15-7-13(22(23,24)25)5-6-18(15)33-20/h5-7,10-12,14,17,19,31H,3-4,8-9H2,1-2H3/t14-,17+,19?/m1/s1. The molecular weight excluding hydrogens is 455 g/mol.